The number of nitrogens with zero attached hydrogens (tertiary/aromatic N) is 1. The second kappa shape index (κ2) is 5.07. The van der Waals surface area contributed by atoms with Gasteiger partial charge in [-0.1, -0.05) is 6.92 Å². The van der Waals surface area contributed by atoms with E-state index in [0.29, 0.717) is 25.0 Å². The van der Waals surface area contributed by atoms with Crippen LogP contribution in [0.15, 0.2) is 0 Å². The summed E-state index contributed by atoms with van der Waals surface area (Å²) in [5.74, 6) is 0.326. The van der Waals surface area contributed by atoms with Gasteiger partial charge in [-0.25, -0.2) is 0 Å². The van der Waals surface area contributed by atoms with E-state index in [-0.39, 0.29) is 12.7 Å². The van der Waals surface area contributed by atoms with Crippen molar-refractivity contribution in [3.63, 3.8) is 0 Å². The van der Waals surface area contributed by atoms with Crippen molar-refractivity contribution in [2.75, 3.05) is 19.7 Å². The van der Waals surface area contributed by atoms with E-state index in [4.69, 9.17) is 5.11 Å². The molecule has 1 fully saturated rings. The average molecular weight is 203 g/mol. The van der Waals surface area contributed by atoms with Gasteiger partial charge in [0.25, 0.3) is 0 Å². The van der Waals surface area contributed by atoms with Crippen LogP contribution < -0.4 is 0 Å². The fourth-order valence-electron chi connectivity index (χ4n) is 2.03. The van der Waals surface area contributed by atoms with Crippen LogP contribution in [0.3, 0.4) is 0 Å². The molecule has 0 aliphatic carbocycles. The summed E-state index contributed by atoms with van der Waals surface area (Å²) in [6, 6.07) is 0.370. The molecular weight excluding hydrogens is 182 g/mol. The molecule has 1 heterocycles. The third kappa shape index (κ3) is 2.92. The first-order valence-electron chi connectivity index (χ1n) is 5.25. The molecule has 3 N–H and O–H groups in total. The quantitative estimate of drug-likeness (QED) is 0.575. The Morgan fingerprint density at radius 2 is 2.07 bits per heavy atom. The predicted octanol–water partition coefficient (Wildman–Crippen LogP) is -0.569. The molecule has 1 aliphatic rings. The SMILES string of the molecule is CC1CC(C)N(CC(O)CO)CC1O. The molecule has 0 aromatic carbocycles. The monoisotopic (exact) mass is 203 g/mol. The molecule has 0 aromatic rings. The molecule has 0 bridgehead atoms. The van der Waals surface area contributed by atoms with E-state index in [1.54, 1.807) is 0 Å². The lowest BCUT2D eigenvalue weighted by atomic mass is 9.91. The first kappa shape index (κ1) is 11.9. The maximum atomic E-state index is 9.67. The van der Waals surface area contributed by atoms with Crippen LogP contribution in [-0.2, 0) is 0 Å². The van der Waals surface area contributed by atoms with Gasteiger partial charge in [-0.3, -0.25) is 4.90 Å². The van der Waals surface area contributed by atoms with Gasteiger partial charge < -0.3 is 15.3 Å². The van der Waals surface area contributed by atoms with Crippen molar-refractivity contribution in [1.29, 1.82) is 0 Å². The average Bonchev–Trinajstić information content (AvgIpc) is 2.14. The summed E-state index contributed by atoms with van der Waals surface area (Å²) in [4.78, 5) is 2.03. The van der Waals surface area contributed by atoms with Crippen molar-refractivity contribution in [1.82, 2.24) is 4.90 Å². The fourth-order valence-corrected chi connectivity index (χ4v) is 2.03. The van der Waals surface area contributed by atoms with Gasteiger partial charge in [0.1, 0.15) is 0 Å². The molecule has 0 saturated carbocycles. The highest BCUT2D eigenvalue weighted by Crippen LogP contribution is 2.22. The van der Waals surface area contributed by atoms with Crippen molar-refractivity contribution < 1.29 is 15.3 Å². The third-order valence-electron chi connectivity index (χ3n) is 3.07. The third-order valence-corrected chi connectivity index (χ3v) is 3.07. The van der Waals surface area contributed by atoms with Crippen LogP contribution in [0.2, 0.25) is 0 Å². The molecule has 0 amide bonds. The molecule has 4 atom stereocenters. The molecular formula is C10H21NO3. The summed E-state index contributed by atoms with van der Waals surface area (Å²) in [7, 11) is 0. The standard InChI is InChI=1S/C10H21NO3/c1-7-3-8(2)11(5-10(7)14)4-9(13)6-12/h7-10,12-14H,3-6H2,1-2H3. The van der Waals surface area contributed by atoms with E-state index in [0.717, 1.165) is 6.42 Å². The molecule has 0 spiro atoms. The van der Waals surface area contributed by atoms with E-state index in [2.05, 4.69) is 6.92 Å². The van der Waals surface area contributed by atoms with E-state index >= 15 is 0 Å². The van der Waals surface area contributed by atoms with Crippen LogP contribution in [-0.4, -0.2) is 58.2 Å². The van der Waals surface area contributed by atoms with Crippen molar-refractivity contribution in [2.24, 2.45) is 5.92 Å². The number of rotatable bonds is 3. The number of hydrogen-bond acceptors (Lipinski definition) is 4. The number of hydrogen-bond donors (Lipinski definition) is 3. The Morgan fingerprint density at radius 3 is 2.64 bits per heavy atom. The number of aliphatic hydroxyl groups is 3. The highest BCUT2D eigenvalue weighted by molar-refractivity contribution is 4.83. The molecule has 84 valence electrons. The van der Waals surface area contributed by atoms with E-state index < -0.39 is 6.10 Å². The van der Waals surface area contributed by atoms with Crippen LogP contribution in [0.1, 0.15) is 20.3 Å². The Kier molecular flexibility index (Phi) is 4.31. The van der Waals surface area contributed by atoms with E-state index in [9.17, 15) is 10.2 Å². The van der Waals surface area contributed by atoms with Gasteiger partial charge >= 0.3 is 0 Å². The molecule has 1 aliphatic heterocycles. The summed E-state index contributed by atoms with van der Waals surface area (Å²) in [6.07, 6.45) is -0.0607. The zero-order valence-electron chi connectivity index (χ0n) is 8.93. The van der Waals surface area contributed by atoms with Gasteiger partial charge in [0.05, 0.1) is 18.8 Å². The van der Waals surface area contributed by atoms with Gasteiger partial charge in [0, 0.05) is 19.1 Å². The maximum absolute atomic E-state index is 9.67. The Labute approximate surface area is 85.2 Å². The molecule has 4 unspecified atom stereocenters. The largest absolute Gasteiger partial charge is 0.394 e. The number of β-amino-alcohol motifs (C(OH)–C–C–N with tert-alkyl or cyclic N) is 2. The van der Waals surface area contributed by atoms with Gasteiger partial charge in [-0.15, -0.1) is 0 Å². The predicted molar refractivity (Wildman–Crippen MR) is 53.9 cm³/mol. The van der Waals surface area contributed by atoms with Gasteiger partial charge in [-0.2, -0.15) is 0 Å². The van der Waals surface area contributed by atoms with Crippen LogP contribution in [0.4, 0.5) is 0 Å². The zero-order chi connectivity index (χ0) is 10.7. The highest BCUT2D eigenvalue weighted by Gasteiger charge is 2.30. The second-order valence-electron chi connectivity index (χ2n) is 4.42. The normalized spacial score (nSPS) is 37.1. The van der Waals surface area contributed by atoms with Crippen LogP contribution in [0, 0.1) is 5.92 Å². The number of likely N-dealkylation sites (tertiary alicyclic amines) is 1. The minimum Gasteiger partial charge on any atom is -0.394 e. The molecule has 4 nitrogen and oxygen atoms in total. The van der Waals surface area contributed by atoms with Crippen molar-refractivity contribution in [3.05, 3.63) is 0 Å². The summed E-state index contributed by atoms with van der Waals surface area (Å²) >= 11 is 0. The molecule has 0 radical (unpaired) electrons. The minimum atomic E-state index is -0.696. The summed E-state index contributed by atoms with van der Waals surface area (Å²) in [5.41, 5.74) is 0. The number of piperidine rings is 1. The summed E-state index contributed by atoms with van der Waals surface area (Å²) < 4.78 is 0. The van der Waals surface area contributed by atoms with Gasteiger partial charge in [0.15, 0.2) is 0 Å². The minimum absolute atomic E-state index is 0.213. The first-order valence-corrected chi connectivity index (χ1v) is 5.25. The van der Waals surface area contributed by atoms with E-state index in [1.807, 2.05) is 11.8 Å². The lowest BCUT2D eigenvalue weighted by Gasteiger charge is -2.40. The highest BCUT2D eigenvalue weighted by atomic mass is 16.3. The van der Waals surface area contributed by atoms with Gasteiger partial charge in [-0.05, 0) is 19.3 Å². The fraction of sp³-hybridized carbons (Fsp3) is 1.00. The van der Waals surface area contributed by atoms with E-state index in [1.165, 1.54) is 0 Å². The van der Waals surface area contributed by atoms with Crippen molar-refractivity contribution >= 4 is 0 Å². The number of aliphatic hydroxyl groups excluding tert-OH is 3. The van der Waals surface area contributed by atoms with Crippen LogP contribution >= 0.6 is 0 Å². The molecule has 1 rings (SSSR count). The Hall–Kier alpha value is -0.160. The molecule has 14 heavy (non-hydrogen) atoms. The lowest BCUT2D eigenvalue weighted by Crippen LogP contribution is -2.50. The lowest BCUT2D eigenvalue weighted by molar-refractivity contribution is -0.0260. The summed E-state index contributed by atoms with van der Waals surface area (Å²) in [5, 5.41) is 27.7. The Bertz CT molecular complexity index is 175. The smallest absolute Gasteiger partial charge is 0.0897 e. The van der Waals surface area contributed by atoms with Crippen LogP contribution in [0.25, 0.3) is 0 Å². The van der Waals surface area contributed by atoms with Crippen molar-refractivity contribution in [3.8, 4) is 0 Å². The van der Waals surface area contributed by atoms with Gasteiger partial charge in [0.2, 0.25) is 0 Å². The maximum Gasteiger partial charge on any atom is 0.0897 e. The second-order valence-corrected chi connectivity index (χ2v) is 4.42. The summed E-state index contributed by atoms with van der Waals surface area (Å²) in [6.45, 7) is 4.96. The zero-order valence-corrected chi connectivity index (χ0v) is 8.93. The molecule has 4 heteroatoms. The Morgan fingerprint density at radius 1 is 1.43 bits per heavy atom. The molecule has 0 aromatic heterocycles. The molecule has 1 saturated heterocycles. The Balaban J connectivity index is 2.44. The first-order chi connectivity index (χ1) is 6.54. The van der Waals surface area contributed by atoms with Crippen LogP contribution in [0.5, 0.6) is 0 Å². The topological polar surface area (TPSA) is 63.9 Å². The van der Waals surface area contributed by atoms with Crippen molar-refractivity contribution in [2.45, 2.75) is 38.5 Å².